The minimum absolute atomic E-state index is 0.0618. The summed E-state index contributed by atoms with van der Waals surface area (Å²) in [6.45, 7) is 4.67. The number of aryl methyl sites for hydroxylation is 1. The zero-order valence-corrected chi connectivity index (χ0v) is 11.8. The lowest BCUT2D eigenvalue weighted by molar-refractivity contribution is 0.0655. The van der Waals surface area contributed by atoms with Crippen molar-refractivity contribution in [1.29, 1.82) is 0 Å². The second-order valence-electron chi connectivity index (χ2n) is 5.48. The molecule has 0 aliphatic carbocycles. The fourth-order valence-corrected chi connectivity index (χ4v) is 2.65. The van der Waals surface area contributed by atoms with Gasteiger partial charge in [-0.25, -0.2) is 4.79 Å². The Bertz CT molecular complexity index is 448. The van der Waals surface area contributed by atoms with Gasteiger partial charge < -0.3 is 14.4 Å². The molecular weight excluding hydrogens is 244 g/mol. The predicted octanol–water partition coefficient (Wildman–Crippen LogP) is 1.81. The Morgan fingerprint density at radius 1 is 1.53 bits per heavy atom. The van der Waals surface area contributed by atoms with Crippen LogP contribution in [0.3, 0.4) is 0 Å². The van der Waals surface area contributed by atoms with Crippen molar-refractivity contribution in [2.24, 2.45) is 0 Å². The van der Waals surface area contributed by atoms with Crippen LogP contribution in [0.25, 0.3) is 0 Å². The molecule has 1 aromatic rings. The van der Waals surface area contributed by atoms with Crippen LogP contribution in [-0.2, 0) is 6.54 Å². The molecule has 19 heavy (non-hydrogen) atoms. The topological polar surface area (TPSA) is 56.9 Å². The van der Waals surface area contributed by atoms with Crippen LogP contribution >= 0.6 is 0 Å². The third-order valence-corrected chi connectivity index (χ3v) is 3.88. The van der Waals surface area contributed by atoms with Gasteiger partial charge in [-0.15, -0.1) is 0 Å². The van der Waals surface area contributed by atoms with Crippen LogP contribution in [0.2, 0.25) is 0 Å². The minimum Gasteiger partial charge on any atom is -0.475 e. The summed E-state index contributed by atoms with van der Waals surface area (Å²) >= 11 is 0. The molecule has 2 heterocycles. The van der Waals surface area contributed by atoms with Crippen molar-refractivity contribution in [3.8, 4) is 0 Å². The summed E-state index contributed by atoms with van der Waals surface area (Å²) in [7, 11) is 4.22. The number of carboxylic acid groups (broad SMARTS) is 1. The number of hydrogen-bond acceptors (Lipinski definition) is 4. The second-order valence-corrected chi connectivity index (χ2v) is 5.48. The first-order valence-electron chi connectivity index (χ1n) is 6.68. The molecule has 0 radical (unpaired) electrons. The van der Waals surface area contributed by atoms with Gasteiger partial charge >= 0.3 is 5.97 Å². The van der Waals surface area contributed by atoms with Gasteiger partial charge in [0.05, 0.1) is 6.54 Å². The van der Waals surface area contributed by atoms with E-state index in [-0.39, 0.29) is 5.76 Å². The van der Waals surface area contributed by atoms with Crippen LogP contribution in [0.1, 0.15) is 34.7 Å². The molecule has 0 unspecified atom stereocenters. The molecule has 0 amide bonds. The molecular formula is C14H22N2O3. The highest BCUT2D eigenvalue weighted by molar-refractivity contribution is 5.86. The first-order valence-corrected chi connectivity index (χ1v) is 6.68. The number of piperidine rings is 1. The van der Waals surface area contributed by atoms with Gasteiger partial charge in [0, 0.05) is 11.6 Å². The Morgan fingerprint density at radius 3 is 2.68 bits per heavy atom. The molecule has 0 atom stereocenters. The average molecular weight is 266 g/mol. The monoisotopic (exact) mass is 266 g/mol. The van der Waals surface area contributed by atoms with Gasteiger partial charge in [0.1, 0.15) is 5.76 Å². The van der Waals surface area contributed by atoms with Gasteiger partial charge in [0.25, 0.3) is 0 Å². The Morgan fingerprint density at radius 2 is 2.16 bits per heavy atom. The van der Waals surface area contributed by atoms with Crippen molar-refractivity contribution in [2.45, 2.75) is 32.4 Å². The van der Waals surface area contributed by atoms with Gasteiger partial charge in [0.2, 0.25) is 5.76 Å². The van der Waals surface area contributed by atoms with E-state index in [2.05, 4.69) is 23.9 Å². The summed E-state index contributed by atoms with van der Waals surface area (Å²) < 4.78 is 5.41. The minimum atomic E-state index is -0.995. The first kappa shape index (κ1) is 14.1. The zero-order valence-electron chi connectivity index (χ0n) is 11.8. The van der Waals surface area contributed by atoms with Crippen molar-refractivity contribution in [1.82, 2.24) is 9.80 Å². The predicted molar refractivity (Wildman–Crippen MR) is 72.4 cm³/mol. The average Bonchev–Trinajstić information content (AvgIpc) is 2.71. The standard InChI is InChI=1S/C14H22N2O3/c1-10-8-12(19-13(10)14(17)18)9-16(3)11-4-6-15(2)7-5-11/h8,11H,4-7,9H2,1-3H3,(H,17,18). The number of nitrogens with zero attached hydrogens (tertiary/aromatic N) is 2. The number of carbonyl (C=O) groups is 1. The van der Waals surface area contributed by atoms with E-state index in [0.717, 1.165) is 31.7 Å². The molecule has 5 heteroatoms. The number of rotatable bonds is 4. The summed E-state index contributed by atoms with van der Waals surface area (Å²) in [6, 6.07) is 2.38. The van der Waals surface area contributed by atoms with Gasteiger partial charge in [-0.1, -0.05) is 0 Å². The summed E-state index contributed by atoms with van der Waals surface area (Å²) in [5, 5.41) is 8.98. The van der Waals surface area contributed by atoms with E-state index < -0.39 is 5.97 Å². The highest BCUT2D eigenvalue weighted by Gasteiger charge is 2.22. The Balaban J connectivity index is 1.97. The van der Waals surface area contributed by atoms with Crippen LogP contribution in [0.15, 0.2) is 10.5 Å². The Kier molecular flexibility index (Phi) is 4.27. The zero-order chi connectivity index (χ0) is 14.0. The van der Waals surface area contributed by atoms with E-state index in [1.807, 2.05) is 6.07 Å². The highest BCUT2D eigenvalue weighted by atomic mass is 16.4. The number of furan rings is 1. The molecule has 0 saturated carbocycles. The molecule has 1 aliphatic heterocycles. The summed E-state index contributed by atoms with van der Waals surface area (Å²) in [6.07, 6.45) is 2.30. The maximum atomic E-state index is 10.9. The maximum absolute atomic E-state index is 10.9. The van der Waals surface area contributed by atoms with Gasteiger partial charge in [-0.05, 0) is 53.0 Å². The maximum Gasteiger partial charge on any atom is 0.372 e. The van der Waals surface area contributed by atoms with Crippen LogP contribution in [0.5, 0.6) is 0 Å². The lowest BCUT2D eigenvalue weighted by Crippen LogP contribution is -2.41. The molecule has 5 nitrogen and oxygen atoms in total. The van der Waals surface area contributed by atoms with Gasteiger partial charge in [-0.3, -0.25) is 4.90 Å². The fourth-order valence-electron chi connectivity index (χ4n) is 2.65. The van der Waals surface area contributed by atoms with Crippen LogP contribution in [0.4, 0.5) is 0 Å². The van der Waals surface area contributed by atoms with E-state index in [0.29, 0.717) is 18.2 Å². The van der Waals surface area contributed by atoms with Crippen molar-refractivity contribution in [3.63, 3.8) is 0 Å². The largest absolute Gasteiger partial charge is 0.475 e. The lowest BCUT2D eigenvalue weighted by Gasteiger charge is -2.34. The van der Waals surface area contributed by atoms with Crippen molar-refractivity contribution >= 4 is 5.97 Å². The van der Waals surface area contributed by atoms with E-state index in [1.54, 1.807) is 6.92 Å². The molecule has 1 aliphatic rings. The number of carboxylic acids is 1. The van der Waals surface area contributed by atoms with Crippen LogP contribution < -0.4 is 0 Å². The number of aromatic carboxylic acids is 1. The third-order valence-electron chi connectivity index (χ3n) is 3.88. The summed E-state index contributed by atoms with van der Waals surface area (Å²) in [4.78, 5) is 15.5. The normalized spacial score (nSPS) is 18.1. The molecule has 0 bridgehead atoms. The number of hydrogen-bond donors (Lipinski definition) is 1. The molecule has 1 aromatic heterocycles. The van der Waals surface area contributed by atoms with Crippen molar-refractivity contribution < 1.29 is 14.3 Å². The van der Waals surface area contributed by atoms with Gasteiger partial charge in [0.15, 0.2) is 0 Å². The quantitative estimate of drug-likeness (QED) is 0.900. The van der Waals surface area contributed by atoms with Crippen LogP contribution in [0, 0.1) is 6.92 Å². The molecule has 1 saturated heterocycles. The molecule has 106 valence electrons. The summed E-state index contributed by atoms with van der Waals surface area (Å²) in [5.74, 6) is -0.200. The fraction of sp³-hybridized carbons (Fsp3) is 0.643. The second kappa shape index (κ2) is 5.75. The molecule has 1 fully saturated rings. The van der Waals surface area contributed by atoms with E-state index in [4.69, 9.17) is 9.52 Å². The molecule has 0 aromatic carbocycles. The van der Waals surface area contributed by atoms with Crippen LogP contribution in [-0.4, -0.2) is 54.1 Å². The van der Waals surface area contributed by atoms with Crippen molar-refractivity contribution in [3.05, 3.63) is 23.2 Å². The van der Waals surface area contributed by atoms with Crippen molar-refractivity contribution in [2.75, 3.05) is 27.2 Å². The first-order chi connectivity index (χ1) is 8.97. The molecule has 1 N–H and O–H groups in total. The lowest BCUT2D eigenvalue weighted by atomic mass is 10.0. The highest BCUT2D eigenvalue weighted by Crippen LogP contribution is 2.20. The smallest absolute Gasteiger partial charge is 0.372 e. The Labute approximate surface area is 113 Å². The summed E-state index contributed by atoms with van der Waals surface area (Å²) in [5.41, 5.74) is 0.694. The Hall–Kier alpha value is -1.33. The molecule has 2 rings (SSSR count). The van der Waals surface area contributed by atoms with E-state index in [9.17, 15) is 4.79 Å². The molecule has 0 spiro atoms. The van der Waals surface area contributed by atoms with E-state index >= 15 is 0 Å². The SMILES string of the molecule is Cc1cc(CN(C)C2CCN(C)CC2)oc1C(=O)O. The number of likely N-dealkylation sites (tertiary alicyclic amines) is 1. The van der Waals surface area contributed by atoms with Gasteiger partial charge in [-0.2, -0.15) is 0 Å². The van der Waals surface area contributed by atoms with E-state index in [1.165, 1.54) is 0 Å². The third kappa shape index (κ3) is 3.36.